The van der Waals surface area contributed by atoms with Gasteiger partial charge in [-0.05, 0) is 37.1 Å². The molecule has 1 fully saturated rings. The first-order valence-corrected chi connectivity index (χ1v) is 10.1. The van der Waals surface area contributed by atoms with Crippen LogP contribution in [0.5, 0.6) is 0 Å². The zero-order valence-electron chi connectivity index (χ0n) is 13.9. The van der Waals surface area contributed by atoms with E-state index in [9.17, 15) is 8.42 Å². The largest absolute Gasteiger partial charge is 0.356 e. The van der Waals surface area contributed by atoms with Crippen LogP contribution in [0.2, 0.25) is 5.02 Å². The Kier molecular flexibility index (Phi) is 4.56. The molecule has 0 N–H and O–H groups in total. The Labute approximate surface area is 157 Å². The lowest BCUT2D eigenvalue weighted by atomic mass is 10.2. The Hall–Kier alpha value is -2.15. The fourth-order valence-electron chi connectivity index (χ4n) is 2.80. The summed E-state index contributed by atoms with van der Waals surface area (Å²) in [6, 6.07) is 17.6. The minimum Gasteiger partial charge on any atom is -0.356 e. The average molecular weight is 389 g/mol. The Morgan fingerprint density at radius 1 is 1.08 bits per heavy atom. The first-order valence-electron chi connectivity index (χ1n) is 8.32. The van der Waals surface area contributed by atoms with Crippen LogP contribution in [0.3, 0.4) is 0 Å². The van der Waals surface area contributed by atoms with Gasteiger partial charge in [-0.2, -0.15) is 4.31 Å². The van der Waals surface area contributed by atoms with Crippen molar-refractivity contribution < 1.29 is 12.9 Å². The van der Waals surface area contributed by atoms with Gasteiger partial charge in [-0.15, -0.1) is 0 Å². The number of sulfonamides is 1. The van der Waals surface area contributed by atoms with Crippen LogP contribution in [0.25, 0.3) is 11.3 Å². The van der Waals surface area contributed by atoms with Gasteiger partial charge in [-0.3, -0.25) is 0 Å². The van der Waals surface area contributed by atoms with E-state index in [2.05, 4.69) is 5.16 Å². The molecule has 0 unspecified atom stereocenters. The Balaban J connectivity index is 1.60. The van der Waals surface area contributed by atoms with Gasteiger partial charge in [-0.25, -0.2) is 8.42 Å². The van der Waals surface area contributed by atoms with Crippen molar-refractivity contribution in [3.05, 3.63) is 71.4 Å². The molecule has 0 atom stereocenters. The van der Waals surface area contributed by atoms with Gasteiger partial charge < -0.3 is 4.52 Å². The minimum absolute atomic E-state index is 0.00699. The van der Waals surface area contributed by atoms with E-state index in [1.807, 2.05) is 30.3 Å². The van der Waals surface area contributed by atoms with Crippen LogP contribution in [-0.4, -0.2) is 23.9 Å². The summed E-state index contributed by atoms with van der Waals surface area (Å²) in [5.74, 6) is 0.625. The molecule has 4 rings (SSSR count). The standard InChI is InChI=1S/C19H17ClN2O3S/c20-15-6-10-18(11-7-15)26(23,24)22(17-8-9-17)13-16-12-19(25-21-16)14-4-2-1-3-5-14/h1-7,10-12,17H,8-9,13H2. The van der Waals surface area contributed by atoms with Gasteiger partial charge in [0.05, 0.1) is 17.1 Å². The molecule has 7 heteroatoms. The fraction of sp³-hybridized carbons (Fsp3) is 0.211. The molecule has 5 nitrogen and oxygen atoms in total. The first kappa shape index (κ1) is 17.3. The molecule has 26 heavy (non-hydrogen) atoms. The van der Waals surface area contributed by atoms with Crippen molar-refractivity contribution in [1.82, 2.24) is 9.46 Å². The summed E-state index contributed by atoms with van der Waals surface area (Å²) in [7, 11) is -3.62. The third-order valence-corrected chi connectivity index (χ3v) is 6.47. The topological polar surface area (TPSA) is 63.4 Å². The second-order valence-electron chi connectivity index (χ2n) is 6.28. The first-order chi connectivity index (χ1) is 12.5. The highest BCUT2D eigenvalue weighted by Gasteiger charge is 2.38. The molecule has 0 aliphatic heterocycles. The lowest BCUT2D eigenvalue weighted by molar-refractivity contribution is 0.370. The van der Waals surface area contributed by atoms with Crippen LogP contribution in [-0.2, 0) is 16.6 Å². The third-order valence-electron chi connectivity index (χ3n) is 4.31. The van der Waals surface area contributed by atoms with Crippen molar-refractivity contribution in [1.29, 1.82) is 0 Å². The summed E-state index contributed by atoms with van der Waals surface area (Å²) in [4.78, 5) is 0.237. The summed E-state index contributed by atoms with van der Waals surface area (Å²) in [5.41, 5.74) is 1.50. The average Bonchev–Trinajstić information content (AvgIpc) is 3.38. The van der Waals surface area contributed by atoms with E-state index < -0.39 is 10.0 Å². The van der Waals surface area contributed by atoms with Crippen molar-refractivity contribution >= 4 is 21.6 Å². The molecule has 0 saturated heterocycles. The predicted molar refractivity (Wildman–Crippen MR) is 99.1 cm³/mol. The number of benzene rings is 2. The molecule has 0 amide bonds. The lowest BCUT2D eigenvalue weighted by Gasteiger charge is -2.20. The summed E-state index contributed by atoms with van der Waals surface area (Å²) in [5, 5.41) is 4.57. The second-order valence-corrected chi connectivity index (χ2v) is 8.61. The number of aromatic nitrogens is 1. The fourth-order valence-corrected chi connectivity index (χ4v) is 4.58. The van der Waals surface area contributed by atoms with Crippen LogP contribution in [0.4, 0.5) is 0 Å². The van der Waals surface area contributed by atoms with E-state index in [1.165, 1.54) is 16.4 Å². The van der Waals surface area contributed by atoms with Crippen molar-refractivity contribution in [2.75, 3.05) is 0 Å². The molecule has 134 valence electrons. The maximum Gasteiger partial charge on any atom is 0.243 e. The predicted octanol–water partition coefficient (Wildman–Crippen LogP) is 4.35. The molecular formula is C19H17ClN2O3S. The van der Waals surface area contributed by atoms with Crippen molar-refractivity contribution in [2.45, 2.75) is 30.3 Å². The molecule has 1 aromatic heterocycles. The highest BCUT2D eigenvalue weighted by Crippen LogP contribution is 2.34. The van der Waals surface area contributed by atoms with Crippen LogP contribution >= 0.6 is 11.6 Å². The van der Waals surface area contributed by atoms with Crippen LogP contribution in [0, 0.1) is 0 Å². The number of hydrogen-bond acceptors (Lipinski definition) is 4. The Morgan fingerprint density at radius 3 is 2.42 bits per heavy atom. The van der Waals surface area contributed by atoms with Crippen molar-refractivity contribution in [3.8, 4) is 11.3 Å². The Morgan fingerprint density at radius 2 is 1.77 bits per heavy atom. The van der Waals surface area contributed by atoms with Gasteiger partial charge in [0.1, 0.15) is 0 Å². The molecule has 3 aromatic rings. The maximum absolute atomic E-state index is 13.0. The smallest absolute Gasteiger partial charge is 0.243 e. The van der Waals surface area contributed by atoms with E-state index in [4.69, 9.17) is 16.1 Å². The molecule has 1 heterocycles. The zero-order valence-corrected chi connectivity index (χ0v) is 15.4. The zero-order chi connectivity index (χ0) is 18.1. The summed E-state index contributed by atoms with van der Waals surface area (Å²) in [6.07, 6.45) is 1.71. The normalized spacial score (nSPS) is 14.7. The Bertz CT molecular complexity index is 997. The highest BCUT2D eigenvalue weighted by atomic mass is 35.5. The molecule has 2 aromatic carbocycles. The molecule has 0 radical (unpaired) electrons. The quantitative estimate of drug-likeness (QED) is 0.629. The lowest BCUT2D eigenvalue weighted by Crippen LogP contribution is -2.32. The van der Waals surface area contributed by atoms with E-state index in [-0.39, 0.29) is 17.5 Å². The van der Waals surface area contributed by atoms with E-state index in [0.717, 1.165) is 18.4 Å². The molecule has 0 bridgehead atoms. The summed E-state index contributed by atoms with van der Waals surface area (Å²) in [6.45, 7) is 0.186. The molecule has 1 saturated carbocycles. The van der Waals surface area contributed by atoms with E-state index >= 15 is 0 Å². The van der Waals surface area contributed by atoms with E-state index in [1.54, 1.807) is 18.2 Å². The molecule has 1 aliphatic rings. The third kappa shape index (κ3) is 3.53. The van der Waals surface area contributed by atoms with Gasteiger partial charge >= 0.3 is 0 Å². The van der Waals surface area contributed by atoms with Crippen molar-refractivity contribution in [3.63, 3.8) is 0 Å². The molecular weight excluding hydrogens is 372 g/mol. The molecule has 0 spiro atoms. The summed E-state index contributed by atoms with van der Waals surface area (Å²) >= 11 is 5.88. The van der Waals surface area contributed by atoms with E-state index in [0.29, 0.717) is 16.5 Å². The number of halogens is 1. The van der Waals surface area contributed by atoms with Crippen LogP contribution < -0.4 is 0 Å². The van der Waals surface area contributed by atoms with Gasteiger partial charge in [0, 0.05) is 22.7 Å². The van der Waals surface area contributed by atoms with Crippen molar-refractivity contribution in [2.24, 2.45) is 0 Å². The minimum atomic E-state index is -3.62. The van der Waals surface area contributed by atoms with Gasteiger partial charge in [-0.1, -0.05) is 47.1 Å². The monoisotopic (exact) mass is 388 g/mol. The van der Waals surface area contributed by atoms with Crippen LogP contribution in [0.1, 0.15) is 18.5 Å². The van der Waals surface area contributed by atoms with Gasteiger partial charge in [0.15, 0.2) is 5.76 Å². The SMILES string of the molecule is O=S(=O)(c1ccc(Cl)cc1)N(Cc1cc(-c2ccccc2)on1)C1CC1. The highest BCUT2D eigenvalue weighted by molar-refractivity contribution is 7.89. The summed E-state index contributed by atoms with van der Waals surface area (Å²) < 4.78 is 33.0. The van der Waals surface area contributed by atoms with Gasteiger partial charge in [0.2, 0.25) is 10.0 Å². The maximum atomic E-state index is 13.0. The molecule has 1 aliphatic carbocycles. The second kappa shape index (κ2) is 6.87. The number of nitrogens with zero attached hydrogens (tertiary/aromatic N) is 2. The van der Waals surface area contributed by atoms with Crippen LogP contribution in [0.15, 0.2) is 70.1 Å². The van der Waals surface area contributed by atoms with Gasteiger partial charge in [0.25, 0.3) is 0 Å². The number of rotatable bonds is 6. The number of hydrogen-bond donors (Lipinski definition) is 0.